The number of carbonyl (C=O) groups is 1. The van der Waals surface area contributed by atoms with Crippen LogP contribution in [0.1, 0.15) is 41.0 Å². The normalized spacial score (nSPS) is 29.1. The van der Waals surface area contributed by atoms with Crippen LogP contribution in [-0.2, 0) is 4.79 Å². The monoisotopic (exact) mass is 198 g/mol. The molecule has 0 saturated carbocycles. The third-order valence-electron chi connectivity index (χ3n) is 2.95. The predicted octanol–water partition coefficient (Wildman–Crippen LogP) is 1.38. The van der Waals surface area contributed by atoms with Gasteiger partial charge in [-0.25, -0.2) is 0 Å². The van der Waals surface area contributed by atoms with Gasteiger partial charge >= 0.3 is 0 Å². The van der Waals surface area contributed by atoms with Crippen molar-refractivity contribution >= 4 is 5.91 Å². The Bertz CT molecular complexity index is 225. The maximum atomic E-state index is 11.9. The van der Waals surface area contributed by atoms with Crippen molar-refractivity contribution in [2.45, 2.75) is 58.7 Å². The van der Waals surface area contributed by atoms with Crippen LogP contribution >= 0.6 is 0 Å². The standard InChI is InChI=1S/C11H22N2O/c1-6-8(2)13-7-11(4,5)12-9(3)10(13)14/h8-9,12H,6-7H2,1-5H3. The van der Waals surface area contributed by atoms with Crippen molar-refractivity contribution in [3.63, 3.8) is 0 Å². The molecule has 1 fully saturated rings. The highest BCUT2D eigenvalue weighted by Gasteiger charge is 2.36. The van der Waals surface area contributed by atoms with Gasteiger partial charge in [-0.2, -0.15) is 0 Å². The molecule has 82 valence electrons. The highest BCUT2D eigenvalue weighted by Crippen LogP contribution is 2.18. The lowest BCUT2D eigenvalue weighted by atomic mass is 9.97. The van der Waals surface area contributed by atoms with Crippen molar-refractivity contribution in [2.75, 3.05) is 6.54 Å². The number of rotatable bonds is 2. The molecule has 0 aromatic heterocycles. The van der Waals surface area contributed by atoms with E-state index in [2.05, 4.69) is 33.0 Å². The molecule has 1 N–H and O–H groups in total. The fourth-order valence-corrected chi connectivity index (χ4v) is 2.04. The quantitative estimate of drug-likeness (QED) is 0.727. The molecule has 1 saturated heterocycles. The van der Waals surface area contributed by atoms with Crippen LogP contribution < -0.4 is 5.32 Å². The molecule has 3 nitrogen and oxygen atoms in total. The first-order chi connectivity index (χ1) is 6.37. The van der Waals surface area contributed by atoms with Crippen LogP contribution in [0, 0.1) is 0 Å². The van der Waals surface area contributed by atoms with Crippen LogP contribution in [0.2, 0.25) is 0 Å². The van der Waals surface area contributed by atoms with Crippen LogP contribution in [0.15, 0.2) is 0 Å². The second kappa shape index (κ2) is 3.89. The van der Waals surface area contributed by atoms with Crippen molar-refractivity contribution in [3.05, 3.63) is 0 Å². The maximum Gasteiger partial charge on any atom is 0.239 e. The summed E-state index contributed by atoms with van der Waals surface area (Å²) < 4.78 is 0. The summed E-state index contributed by atoms with van der Waals surface area (Å²) in [6.07, 6.45) is 1.02. The van der Waals surface area contributed by atoms with Gasteiger partial charge in [0, 0.05) is 18.1 Å². The molecule has 2 unspecified atom stereocenters. The third-order valence-corrected chi connectivity index (χ3v) is 2.95. The molecule has 0 radical (unpaired) electrons. The van der Waals surface area contributed by atoms with Crippen molar-refractivity contribution < 1.29 is 4.79 Å². The van der Waals surface area contributed by atoms with Gasteiger partial charge < -0.3 is 4.90 Å². The highest BCUT2D eigenvalue weighted by atomic mass is 16.2. The lowest BCUT2D eigenvalue weighted by molar-refractivity contribution is -0.140. The summed E-state index contributed by atoms with van der Waals surface area (Å²) in [6, 6.07) is 0.305. The molecular weight excluding hydrogens is 176 g/mol. The molecule has 1 amide bonds. The number of amides is 1. The van der Waals surface area contributed by atoms with Crippen LogP contribution in [0.3, 0.4) is 0 Å². The summed E-state index contributed by atoms with van der Waals surface area (Å²) in [5.74, 6) is 0.235. The van der Waals surface area contributed by atoms with E-state index in [9.17, 15) is 4.79 Å². The van der Waals surface area contributed by atoms with E-state index in [1.807, 2.05) is 11.8 Å². The lowest BCUT2D eigenvalue weighted by Gasteiger charge is -2.44. The first kappa shape index (κ1) is 11.5. The minimum absolute atomic E-state index is 0.0384. The number of nitrogens with one attached hydrogen (secondary N) is 1. The molecular formula is C11H22N2O. The van der Waals surface area contributed by atoms with Crippen LogP contribution in [0.5, 0.6) is 0 Å². The van der Waals surface area contributed by atoms with E-state index in [4.69, 9.17) is 0 Å². The van der Waals surface area contributed by atoms with E-state index < -0.39 is 0 Å². The Morgan fingerprint density at radius 2 is 2.21 bits per heavy atom. The molecule has 1 aliphatic heterocycles. The van der Waals surface area contributed by atoms with E-state index >= 15 is 0 Å². The van der Waals surface area contributed by atoms with Crippen LogP contribution in [0.25, 0.3) is 0 Å². The van der Waals surface area contributed by atoms with E-state index in [-0.39, 0.29) is 17.5 Å². The Morgan fingerprint density at radius 3 is 2.71 bits per heavy atom. The maximum absolute atomic E-state index is 11.9. The largest absolute Gasteiger partial charge is 0.337 e. The second-order valence-electron chi connectivity index (χ2n) is 4.97. The number of hydrogen-bond acceptors (Lipinski definition) is 2. The molecule has 0 aliphatic carbocycles. The zero-order chi connectivity index (χ0) is 10.9. The fourth-order valence-electron chi connectivity index (χ4n) is 2.04. The molecule has 0 aromatic rings. The topological polar surface area (TPSA) is 32.3 Å². The number of hydrogen-bond donors (Lipinski definition) is 1. The van der Waals surface area contributed by atoms with Crippen molar-refractivity contribution in [1.82, 2.24) is 10.2 Å². The van der Waals surface area contributed by atoms with E-state index in [0.29, 0.717) is 6.04 Å². The minimum atomic E-state index is -0.0484. The molecule has 1 aliphatic rings. The van der Waals surface area contributed by atoms with Gasteiger partial charge in [-0.05, 0) is 34.1 Å². The summed E-state index contributed by atoms with van der Waals surface area (Å²) in [5, 5.41) is 3.32. The summed E-state index contributed by atoms with van der Waals surface area (Å²) in [7, 11) is 0. The zero-order valence-electron chi connectivity index (χ0n) is 9.92. The van der Waals surface area contributed by atoms with E-state index in [1.165, 1.54) is 0 Å². The van der Waals surface area contributed by atoms with Gasteiger partial charge in [0.15, 0.2) is 0 Å². The predicted molar refractivity (Wildman–Crippen MR) is 58.1 cm³/mol. The Labute approximate surface area is 86.9 Å². The Kier molecular flexibility index (Phi) is 3.20. The lowest BCUT2D eigenvalue weighted by Crippen LogP contribution is -2.65. The van der Waals surface area contributed by atoms with Gasteiger partial charge in [-0.3, -0.25) is 10.1 Å². The van der Waals surface area contributed by atoms with E-state index in [1.54, 1.807) is 0 Å². The minimum Gasteiger partial charge on any atom is -0.337 e. The molecule has 14 heavy (non-hydrogen) atoms. The molecule has 2 atom stereocenters. The van der Waals surface area contributed by atoms with Gasteiger partial charge in [0.1, 0.15) is 0 Å². The Balaban J connectivity index is 2.78. The molecule has 0 bridgehead atoms. The average Bonchev–Trinajstić information content (AvgIpc) is 2.09. The smallest absolute Gasteiger partial charge is 0.239 e. The SMILES string of the molecule is CCC(C)N1CC(C)(C)NC(C)C1=O. The second-order valence-corrected chi connectivity index (χ2v) is 4.97. The summed E-state index contributed by atoms with van der Waals surface area (Å²) in [6.45, 7) is 11.3. The van der Waals surface area contributed by atoms with Gasteiger partial charge in [0.25, 0.3) is 0 Å². The third kappa shape index (κ3) is 2.27. The number of carbonyl (C=O) groups excluding carboxylic acids is 1. The van der Waals surface area contributed by atoms with Crippen molar-refractivity contribution in [2.24, 2.45) is 0 Å². The van der Waals surface area contributed by atoms with Crippen molar-refractivity contribution in [3.8, 4) is 0 Å². The summed E-state index contributed by atoms with van der Waals surface area (Å²) >= 11 is 0. The number of piperazine rings is 1. The fraction of sp³-hybridized carbons (Fsp3) is 0.909. The molecule has 3 heteroatoms. The summed E-state index contributed by atoms with van der Waals surface area (Å²) in [4.78, 5) is 13.9. The van der Waals surface area contributed by atoms with Gasteiger partial charge in [0.2, 0.25) is 5.91 Å². The first-order valence-electron chi connectivity index (χ1n) is 5.45. The highest BCUT2D eigenvalue weighted by molar-refractivity contribution is 5.82. The molecule has 1 rings (SSSR count). The first-order valence-corrected chi connectivity index (χ1v) is 5.45. The molecule has 1 heterocycles. The average molecular weight is 198 g/mol. The Hall–Kier alpha value is -0.570. The Morgan fingerprint density at radius 1 is 1.64 bits per heavy atom. The van der Waals surface area contributed by atoms with Crippen LogP contribution in [-0.4, -0.2) is 35.0 Å². The molecule has 0 aromatic carbocycles. The van der Waals surface area contributed by atoms with Crippen molar-refractivity contribution in [1.29, 1.82) is 0 Å². The van der Waals surface area contributed by atoms with Gasteiger partial charge in [-0.15, -0.1) is 0 Å². The number of nitrogens with zero attached hydrogens (tertiary/aromatic N) is 1. The van der Waals surface area contributed by atoms with Crippen LogP contribution in [0.4, 0.5) is 0 Å². The molecule has 0 spiro atoms. The van der Waals surface area contributed by atoms with Gasteiger partial charge in [0.05, 0.1) is 6.04 Å². The summed E-state index contributed by atoms with van der Waals surface area (Å²) in [5.41, 5.74) is 0.0384. The van der Waals surface area contributed by atoms with Gasteiger partial charge in [-0.1, -0.05) is 6.92 Å². The zero-order valence-corrected chi connectivity index (χ0v) is 9.92. The van der Waals surface area contributed by atoms with E-state index in [0.717, 1.165) is 13.0 Å².